The first-order valence-corrected chi connectivity index (χ1v) is 10.2. The Labute approximate surface area is 162 Å². The SMILES string of the molecule is CCC(O)Nc1nc(SCc2ccccc2Br)nc2nc(OC)sc12. The number of thioether (sulfide) groups is 1. The molecule has 0 aliphatic rings. The molecule has 0 aliphatic heterocycles. The molecule has 0 spiro atoms. The maximum absolute atomic E-state index is 9.94. The molecule has 0 fully saturated rings. The zero-order valence-corrected chi connectivity index (χ0v) is 16.9. The van der Waals surface area contributed by atoms with Gasteiger partial charge < -0.3 is 15.2 Å². The number of hydrogen-bond acceptors (Lipinski definition) is 8. The van der Waals surface area contributed by atoms with Crippen molar-refractivity contribution in [3.8, 4) is 5.19 Å². The monoisotopic (exact) mass is 440 g/mol. The number of halogens is 1. The summed E-state index contributed by atoms with van der Waals surface area (Å²) in [5.41, 5.74) is 1.73. The van der Waals surface area contributed by atoms with Crippen molar-refractivity contribution in [3.63, 3.8) is 0 Å². The number of nitrogens with zero attached hydrogens (tertiary/aromatic N) is 3. The Hall–Kier alpha value is -1.42. The third-order valence-corrected chi connectivity index (χ3v) is 6.08. The highest BCUT2D eigenvalue weighted by molar-refractivity contribution is 9.10. The molecule has 1 unspecified atom stereocenters. The summed E-state index contributed by atoms with van der Waals surface area (Å²) in [6.07, 6.45) is -0.103. The topological polar surface area (TPSA) is 80.2 Å². The number of benzene rings is 1. The van der Waals surface area contributed by atoms with E-state index in [1.54, 1.807) is 7.11 Å². The Morgan fingerprint density at radius 3 is 2.84 bits per heavy atom. The molecule has 9 heteroatoms. The zero-order chi connectivity index (χ0) is 17.8. The molecule has 0 amide bonds. The van der Waals surface area contributed by atoms with Crippen molar-refractivity contribution in [2.75, 3.05) is 12.4 Å². The summed E-state index contributed by atoms with van der Waals surface area (Å²) in [6.45, 7) is 1.89. The van der Waals surface area contributed by atoms with Gasteiger partial charge in [-0.2, -0.15) is 4.98 Å². The molecule has 0 aliphatic carbocycles. The van der Waals surface area contributed by atoms with E-state index in [2.05, 4.69) is 42.3 Å². The van der Waals surface area contributed by atoms with Crippen molar-refractivity contribution in [2.45, 2.75) is 30.5 Å². The summed E-state index contributed by atoms with van der Waals surface area (Å²) < 4.78 is 7.03. The highest BCUT2D eigenvalue weighted by Crippen LogP contribution is 2.34. The van der Waals surface area contributed by atoms with Crippen LogP contribution < -0.4 is 10.1 Å². The van der Waals surface area contributed by atoms with E-state index < -0.39 is 6.23 Å². The van der Waals surface area contributed by atoms with Gasteiger partial charge in [0.25, 0.3) is 5.19 Å². The molecule has 0 saturated heterocycles. The fourth-order valence-corrected chi connectivity index (χ4v) is 4.28. The van der Waals surface area contributed by atoms with Gasteiger partial charge in [-0.05, 0) is 18.1 Å². The van der Waals surface area contributed by atoms with E-state index in [9.17, 15) is 5.11 Å². The molecular weight excluding hydrogens is 424 g/mol. The molecule has 2 N–H and O–H groups in total. The van der Waals surface area contributed by atoms with E-state index >= 15 is 0 Å². The molecule has 2 heterocycles. The molecule has 6 nitrogen and oxygen atoms in total. The number of aliphatic hydroxyl groups is 1. The second-order valence-electron chi connectivity index (χ2n) is 5.14. The van der Waals surface area contributed by atoms with E-state index in [-0.39, 0.29) is 0 Å². The van der Waals surface area contributed by atoms with E-state index in [0.29, 0.717) is 28.2 Å². The van der Waals surface area contributed by atoms with Gasteiger partial charge in [-0.3, -0.25) is 0 Å². The molecule has 2 aromatic heterocycles. The normalized spacial score (nSPS) is 12.3. The summed E-state index contributed by atoms with van der Waals surface area (Å²) in [5.74, 6) is 1.30. The number of aromatic nitrogens is 3. The quantitative estimate of drug-likeness (QED) is 0.322. The standard InChI is InChI=1S/C16H17BrN4O2S2/c1-3-11(22)18-13-12-14(21-16(23-2)25-12)20-15(19-13)24-8-9-6-4-5-7-10(9)17/h4-7,11,22H,3,8H2,1-2H3,(H,18,19,20). The molecule has 1 atom stereocenters. The lowest BCUT2D eigenvalue weighted by Crippen LogP contribution is -2.18. The maximum Gasteiger partial charge on any atom is 0.275 e. The molecule has 0 bridgehead atoms. The summed E-state index contributed by atoms with van der Waals surface area (Å²) in [5, 5.41) is 14.1. The van der Waals surface area contributed by atoms with E-state index in [0.717, 1.165) is 20.5 Å². The number of aliphatic hydroxyl groups excluding tert-OH is 1. The molecule has 132 valence electrons. The molecule has 3 rings (SSSR count). The van der Waals surface area contributed by atoms with Crippen molar-refractivity contribution in [3.05, 3.63) is 34.3 Å². The predicted octanol–water partition coefficient (Wildman–Crippen LogP) is 4.29. The Balaban J connectivity index is 1.90. The van der Waals surface area contributed by atoms with Crippen LogP contribution in [0.1, 0.15) is 18.9 Å². The number of methoxy groups -OCH3 is 1. The van der Waals surface area contributed by atoms with Gasteiger partial charge >= 0.3 is 0 Å². The second-order valence-corrected chi connectivity index (χ2v) is 7.90. The van der Waals surface area contributed by atoms with Gasteiger partial charge in [0.15, 0.2) is 16.6 Å². The van der Waals surface area contributed by atoms with Gasteiger partial charge in [0.05, 0.1) is 7.11 Å². The van der Waals surface area contributed by atoms with Crippen LogP contribution in [-0.4, -0.2) is 33.4 Å². The Kier molecular flexibility index (Phi) is 6.10. The number of thiazole rings is 1. The largest absolute Gasteiger partial charge is 0.473 e. The van der Waals surface area contributed by atoms with Gasteiger partial charge in [-0.15, -0.1) is 0 Å². The minimum absolute atomic E-state index is 0.520. The van der Waals surface area contributed by atoms with Gasteiger partial charge in [-0.1, -0.05) is 64.2 Å². The number of fused-ring (bicyclic) bond motifs is 1. The van der Waals surface area contributed by atoms with Gasteiger partial charge in [0.2, 0.25) is 0 Å². The number of ether oxygens (including phenoxy) is 1. The predicted molar refractivity (Wildman–Crippen MR) is 105 cm³/mol. The van der Waals surface area contributed by atoms with E-state index in [1.807, 2.05) is 25.1 Å². The van der Waals surface area contributed by atoms with Crippen LogP contribution in [0.4, 0.5) is 5.82 Å². The average molecular weight is 441 g/mol. The van der Waals surface area contributed by atoms with E-state index in [4.69, 9.17) is 4.74 Å². The second kappa shape index (κ2) is 8.31. The lowest BCUT2D eigenvalue weighted by Gasteiger charge is -2.12. The van der Waals surface area contributed by atoms with Crippen molar-refractivity contribution < 1.29 is 9.84 Å². The fourth-order valence-electron chi connectivity index (χ4n) is 2.05. The van der Waals surface area contributed by atoms with Crippen molar-refractivity contribution >= 4 is 55.2 Å². The molecule has 0 radical (unpaired) electrons. The first-order chi connectivity index (χ1) is 12.1. The Morgan fingerprint density at radius 1 is 1.32 bits per heavy atom. The molecule has 1 aromatic carbocycles. The molecule has 0 saturated carbocycles. The lowest BCUT2D eigenvalue weighted by molar-refractivity contribution is 0.199. The van der Waals surface area contributed by atoms with Gasteiger partial charge in [0, 0.05) is 10.2 Å². The lowest BCUT2D eigenvalue weighted by atomic mass is 10.2. The first kappa shape index (κ1) is 18.4. The Bertz CT molecular complexity index is 874. The highest BCUT2D eigenvalue weighted by atomic mass is 79.9. The minimum atomic E-state index is -0.674. The Morgan fingerprint density at radius 2 is 2.12 bits per heavy atom. The van der Waals surface area contributed by atoms with Crippen molar-refractivity contribution in [1.82, 2.24) is 15.0 Å². The van der Waals surface area contributed by atoms with E-state index in [1.165, 1.54) is 23.1 Å². The van der Waals surface area contributed by atoms with Crippen molar-refractivity contribution in [2.24, 2.45) is 0 Å². The maximum atomic E-state index is 9.94. The van der Waals surface area contributed by atoms with Gasteiger partial charge in [0.1, 0.15) is 10.9 Å². The number of rotatable bonds is 7. The molecule has 3 aromatic rings. The highest BCUT2D eigenvalue weighted by Gasteiger charge is 2.16. The summed E-state index contributed by atoms with van der Waals surface area (Å²) in [7, 11) is 1.57. The van der Waals surface area contributed by atoms with Crippen LogP contribution >= 0.6 is 39.0 Å². The third-order valence-electron chi connectivity index (χ3n) is 3.39. The summed E-state index contributed by atoms with van der Waals surface area (Å²) >= 11 is 6.42. The minimum Gasteiger partial charge on any atom is -0.473 e. The third kappa shape index (κ3) is 4.41. The van der Waals surface area contributed by atoms with Crippen LogP contribution in [0.2, 0.25) is 0 Å². The fraction of sp³-hybridized carbons (Fsp3) is 0.312. The van der Waals surface area contributed by atoms with Crippen LogP contribution in [0.15, 0.2) is 33.9 Å². The molecule has 25 heavy (non-hydrogen) atoms. The van der Waals surface area contributed by atoms with Crippen LogP contribution in [0.3, 0.4) is 0 Å². The van der Waals surface area contributed by atoms with Crippen LogP contribution in [-0.2, 0) is 5.75 Å². The van der Waals surface area contributed by atoms with Crippen LogP contribution in [0.5, 0.6) is 5.19 Å². The average Bonchev–Trinajstić information content (AvgIpc) is 3.04. The zero-order valence-electron chi connectivity index (χ0n) is 13.7. The van der Waals surface area contributed by atoms with Crippen LogP contribution in [0.25, 0.3) is 10.3 Å². The summed E-state index contributed by atoms with van der Waals surface area (Å²) in [6, 6.07) is 8.05. The molecular formula is C16H17BrN4O2S2. The number of anilines is 1. The van der Waals surface area contributed by atoms with Gasteiger partial charge in [-0.25, -0.2) is 9.97 Å². The first-order valence-electron chi connectivity index (χ1n) is 7.64. The number of nitrogens with one attached hydrogen (secondary N) is 1. The summed E-state index contributed by atoms with van der Waals surface area (Å²) in [4.78, 5) is 13.4. The number of hydrogen-bond donors (Lipinski definition) is 2. The smallest absolute Gasteiger partial charge is 0.275 e. The van der Waals surface area contributed by atoms with Crippen LogP contribution in [0, 0.1) is 0 Å². The van der Waals surface area contributed by atoms with Crippen molar-refractivity contribution in [1.29, 1.82) is 0 Å².